The summed E-state index contributed by atoms with van der Waals surface area (Å²) in [5.74, 6) is 1.26. The molecule has 0 aliphatic heterocycles. The van der Waals surface area contributed by atoms with Gasteiger partial charge in [-0.1, -0.05) is 54.1 Å². The topological polar surface area (TPSA) is 29.5 Å². The van der Waals surface area contributed by atoms with Crippen molar-refractivity contribution in [3.63, 3.8) is 0 Å². The van der Waals surface area contributed by atoms with Crippen LogP contribution in [0.4, 0.5) is 0 Å². The minimum absolute atomic E-state index is 0.127. The van der Waals surface area contributed by atoms with E-state index in [4.69, 9.17) is 4.74 Å². The predicted octanol–water partition coefficient (Wildman–Crippen LogP) is 4.89. The molecule has 0 aliphatic carbocycles. The van der Waals surface area contributed by atoms with Crippen molar-refractivity contribution in [1.29, 1.82) is 0 Å². The molecule has 2 heteroatoms. The van der Waals surface area contributed by atoms with Gasteiger partial charge in [0.2, 0.25) is 0 Å². The molecule has 2 nitrogen and oxygen atoms in total. The number of hydrogen-bond donors (Lipinski definition) is 1. The van der Waals surface area contributed by atoms with E-state index in [1.807, 2.05) is 24.3 Å². The van der Waals surface area contributed by atoms with Crippen LogP contribution in [0.5, 0.6) is 11.5 Å². The highest BCUT2D eigenvalue weighted by Gasteiger charge is 2.16. The Balaban J connectivity index is 2.08. The molecule has 0 bridgehead atoms. The molecule has 1 N–H and O–H groups in total. The van der Waals surface area contributed by atoms with E-state index in [0.717, 1.165) is 11.3 Å². The van der Waals surface area contributed by atoms with Crippen LogP contribution in [0, 0.1) is 6.92 Å². The van der Waals surface area contributed by atoms with Crippen LogP contribution in [-0.4, -0.2) is 12.2 Å². The van der Waals surface area contributed by atoms with Gasteiger partial charge in [0.15, 0.2) is 0 Å². The average molecular weight is 304 g/mol. The number of hydrogen-bond acceptors (Lipinski definition) is 2. The number of ether oxygens (including phenoxy) is 1. The third kappa shape index (κ3) is 3.37. The Labute approximate surface area is 137 Å². The average Bonchev–Trinajstić information content (AvgIpc) is 2.59. The maximum absolute atomic E-state index is 9.57. The maximum Gasteiger partial charge on any atom is 0.118 e. The largest absolute Gasteiger partial charge is 0.508 e. The summed E-state index contributed by atoms with van der Waals surface area (Å²) in [6.45, 7) is 2.09. The van der Waals surface area contributed by atoms with Crippen LogP contribution in [0.25, 0.3) is 0 Å². The van der Waals surface area contributed by atoms with Crippen molar-refractivity contribution >= 4 is 0 Å². The highest BCUT2D eigenvalue weighted by Crippen LogP contribution is 2.33. The molecule has 0 saturated heterocycles. The molecule has 0 heterocycles. The zero-order chi connectivity index (χ0) is 16.2. The van der Waals surface area contributed by atoms with Gasteiger partial charge in [-0.25, -0.2) is 0 Å². The normalized spacial score (nSPS) is 11.9. The highest BCUT2D eigenvalue weighted by molar-refractivity contribution is 5.46. The third-order valence-electron chi connectivity index (χ3n) is 4.09. The second-order valence-electron chi connectivity index (χ2n) is 5.71. The number of rotatable bonds is 4. The number of benzene rings is 3. The van der Waals surface area contributed by atoms with Crippen LogP contribution in [0.15, 0.2) is 72.8 Å². The van der Waals surface area contributed by atoms with Gasteiger partial charge in [0.1, 0.15) is 11.5 Å². The zero-order valence-corrected chi connectivity index (χ0v) is 13.4. The summed E-state index contributed by atoms with van der Waals surface area (Å²) in [6.07, 6.45) is 0. The minimum atomic E-state index is 0.127. The Hall–Kier alpha value is -2.74. The van der Waals surface area contributed by atoms with Gasteiger partial charge in [0, 0.05) is 5.92 Å². The summed E-state index contributed by atoms with van der Waals surface area (Å²) >= 11 is 0. The Kier molecular flexibility index (Phi) is 4.33. The summed E-state index contributed by atoms with van der Waals surface area (Å²) in [4.78, 5) is 0. The van der Waals surface area contributed by atoms with Crippen LogP contribution in [0.3, 0.4) is 0 Å². The van der Waals surface area contributed by atoms with E-state index in [1.54, 1.807) is 19.2 Å². The molecule has 0 saturated carbocycles. The molecule has 3 rings (SSSR count). The molecule has 0 aromatic heterocycles. The SMILES string of the molecule is COc1ccc(C(c2ccc(C)cc2)c2ccc(O)cc2)cc1. The summed E-state index contributed by atoms with van der Waals surface area (Å²) in [5.41, 5.74) is 4.82. The number of phenolic OH excluding ortho intramolecular Hbond substituents is 1. The van der Waals surface area contributed by atoms with E-state index >= 15 is 0 Å². The van der Waals surface area contributed by atoms with Gasteiger partial charge in [-0.3, -0.25) is 0 Å². The first kappa shape index (κ1) is 15.2. The number of aromatic hydroxyl groups is 1. The Morgan fingerprint density at radius 3 is 1.61 bits per heavy atom. The Morgan fingerprint density at radius 2 is 1.13 bits per heavy atom. The zero-order valence-electron chi connectivity index (χ0n) is 13.4. The minimum Gasteiger partial charge on any atom is -0.508 e. The van der Waals surface area contributed by atoms with Crippen molar-refractivity contribution in [2.45, 2.75) is 12.8 Å². The van der Waals surface area contributed by atoms with Gasteiger partial charge in [-0.15, -0.1) is 0 Å². The first-order chi connectivity index (χ1) is 11.2. The fourth-order valence-electron chi connectivity index (χ4n) is 2.80. The quantitative estimate of drug-likeness (QED) is 0.695. The van der Waals surface area contributed by atoms with Crippen molar-refractivity contribution in [1.82, 2.24) is 0 Å². The fourth-order valence-corrected chi connectivity index (χ4v) is 2.80. The van der Waals surface area contributed by atoms with E-state index in [-0.39, 0.29) is 11.7 Å². The molecular formula is C21H20O2. The molecule has 3 aromatic carbocycles. The molecule has 1 atom stereocenters. The lowest BCUT2D eigenvalue weighted by atomic mass is 9.85. The first-order valence-corrected chi connectivity index (χ1v) is 7.67. The molecule has 0 fully saturated rings. The third-order valence-corrected chi connectivity index (χ3v) is 4.09. The predicted molar refractivity (Wildman–Crippen MR) is 93.2 cm³/mol. The number of aryl methyl sites for hydroxylation is 1. The molecular weight excluding hydrogens is 284 g/mol. The van der Waals surface area contributed by atoms with E-state index < -0.39 is 0 Å². The molecule has 0 aliphatic rings. The smallest absolute Gasteiger partial charge is 0.118 e. The van der Waals surface area contributed by atoms with E-state index in [9.17, 15) is 5.11 Å². The van der Waals surface area contributed by atoms with E-state index in [2.05, 4.69) is 43.3 Å². The van der Waals surface area contributed by atoms with Crippen LogP contribution in [-0.2, 0) is 0 Å². The Morgan fingerprint density at radius 1 is 0.696 bits per heavy atom. The van der Waals surface area contributed by atoms with E-state index in [1.165, 1.54) is 16.7 Å². The van der Waals surface area contributed by atoms with Crippen LogP contribution >= 0.6 is 0 Å². The van der Waals surface area contributed by atoms with Gasteiger partial charge in [-0.2, -0.15) is 0 Å². The Bertz CT molecular complexity index is 711. The highest BCUT2D eigenvalue weighted by atomic mass is 16.5. The molecule has 1 unspecified atom stereocenters. The summed E-state index contributed by atoms with van der Waals surface area (Å²) in [6, 6.07) is 24.2. The van der Waals surface area contributed by atoms with Gasteiger partial charge in [-0.05, 0) is 47.9 Å². The molecule has 116 valence electrons. The lowest BCUT2D eigenvalue weighted by Gasteiger charge is -2.19. The van der Waals surface area contributed by atoms with Crippen LogP contribution in [0.2, 0.25) is 0 Å². The van der Waals surface area contributed by atoms with Crippen molar-refractivity contribution in [2.75, 3.05) is 7.11 Å². The number of methoxy groups -OCH3 is 1. The summed E-state index contributed by atoms with van der Waals surface area (Å²) in [7, 11) is 1.67. The molecule has 0 spiro atoms. The number of phenols is 1. The van der Waals surface area contributed by atoms with Gasteiger partial charge < -0.3 is 9.84 Å². The van der Waals surface area contributed by atoms with Crippen molar-refractivity contribution in [3.05, 3.63) is 95.1 Å². The maximum atomic E-state index is 9.57. The lowest BCUT2D eigenvalue weighted by molar-refractivity contribution is 0.414. The summed E-state index contributed by atoms with van der Waals surface area (Å²) in [5, 5.41) is 9.57. The molecule has 3 aromatic rings. The standard InChI is InChI=1S/C21H20O2/c1-15-3-5-16(6-4-15)21(17-7-11-19(22)12-8-17)18-9-13-20(23-2)14-10-18/h3-14,21-22H,1-2H3. The van der Waals surface area contributed by atoms with Crippen molar-refractivity contribution in [2.24, 2.45) is 0 Å². The van der Waals surface area contributed by atoms with E-state index in [0.29, 0.717) is 0 Å². The van der Waals surface area contributed by atoms with Gasteiger partial charge >= 0.3 is 0 Å². The van der Waals surface area contributed by atoms with Crippen molar-refractivity contribution in [3.8, 4) is 11.5 Å². The monoisotopic (exact) mass is 304 g/mol. The fraction of sp³-hybridized carbons (Fsp3) is 0.143. The lowest BCUT2D eigenvalue weighted by Crippen LogP contribution is -2.03. The molecule has 0 amide bonds. The second kappa shape index (κ2) is 6.57. The van der Waals surface area contributed by atoms with Crippen molar-refractivity contribution < 1.29 is 9.84 Å². The molecule has 0 radical (unpaired) electrons. The first-order valence-electron chi connectivity index (χ1n) is 7.67. The molecule has 23 heavy (non-hydrogen) atoms. The second-order valence-corrected chi connectivity index (χ2v) is 5.71. The summed E-state index contributed by atoms with van der Waals surface area (Å²) < 4.78 is 5.26. The van der Waals surface area contributed by atoms with Gasteiger partial charge in [0.25, 0.3) is 0 Å². The van der Waals surface area contributed by atoms with Gasteiger partial charge in [0.05, 0.1) is 7.11 Å². The van der Waals surface area contributed by atoms with Crippen LogP contribution < -0.4 is 4.74 Å². The van der Waals surface area contributed by atoms with Crippen LogP contribution in [0.1, 0.15) is 28.2 Å².